The summed E-state index contributed by atoms with van der Waals surface area (Å²) in [6.45, 7) is 6.72. The zero-order valence-corrected chi connectivity index (χ0v) is 16.4. The minimum absolute atomic E-state index is 0.140. The third kappa shape index (κ3) is 4.99. The number of hydrogen-bond acceptors (Lipinski definition) is 5. The van der Waals surface area contributed by atoms with Gasteiger partial charge in [-0.3, -0.25) is 4.79 Å². The molecule has 0 bridgehead atoms. The number of anilines is 1. The Balaban J connectivity index is 1.60. The molecule has 1 amide bonds. The van der Waals surface area contributed by atoms with Crippen LogP contribution in [0.15, 0.2) is 54.3 Å². The summed E-state index contributed by atoms with van der Waals surface area (Å²) in [5.41, 5.74) is 1.00. The van der Waals surface area contributed by atoms with Gasteiger partial charge in [-0.05, 0) is 24.6 Å². The molecular weight excluding hydrogens is 384 g/mol. The van der Waals surface area contributed by atoms with Gasteiger partial charge in [0.05, 0.1) is 18.5 Å². The lowest BCUT2D eigenvalue weighted by molar-refractivity contribution is -0.113. The molecule has 1 aromatic carbocycles. The number of carbonyl (C=O) groups excluding carboxylic acids is 1. The predicted octanol–water partition coefficient (Wildman–Crippen LogP) is 3.40. The van der Waals surface area contributed by atoms with Gasteiger partial charge in [0.15, 0.2) is 5.16 Å². The van der Waals surface area contributed by atoms with Crippen LogP contribution in [0.1, 0.15) is 11.4 Å². The Morgan fingerprint density at radius 2 is 2.22 bits per heavy atom. The maximum Gasteiger partial charge on any atom is 0.235 e. The molecule has 7 nitrogen and oxygen atoms in total. The van der Waals surface area contributed by atoms with E-state index in [2.05, 4.69) is 27.2 Å². The number of nitrogens with one attached hydrogen (secondary N) is 1. The third-order valence-corrected chi connectivity index (χ3v) is 4.95. The van der Waals surface area contributed by atoms with E-state index >= 15 is 0 Å². The lowest BCUT2D eigenvalue weighted by Gasteiger charge is -2.09. The van der Waals surface area contributed by atoms with Gasteiger partial charge in [-0.25, -0.2) is 4.68 Å². The summed E-state index contributed by atoms with van der Waals surface area (Å²) in [6.07, 6.45) is 3.42. The Morgan fingerprint density at radius 1 is 1.37 bits per heavy atom. The zero-order valence-electron chi connectivity index (χ0n) is 14.8. The average molecular weight is 403 g/mol. The number of benzene rings is 1. The van der Waals surface area contributed by atoms with E-state index in [1.165, 1.54) is 11.8 Å². The van der Waals surface area contributed by atoms with Crippen molar-refractivity contribution < 1.29 is 4.79 Å². The normalized spacial score (nSPS) is 10.7. The molecule has 2 heterocycles. The van der Waals surface area contributed by atoms with Crippen LogP contribution in [-0.2, 0) is 17.9 Å². The van der Waals surface area contributed by atoms with Gasteiger partial charge in [0, 0.05) is 17.6 Å². The molecule has 0 radical (unpaired) electrons. The first kappa shape index (κ1) is 19.2. The van der Waals surface area contributed by atoms with Crippen molar-refractivity contribution in [3.63, 3.8) is 0 Å². The van der Waals surface area contributed by atoms with Crippen molar-refractivity contribution in [2.75, 3.05) is 11.1 Å². The van der Waals surface area contributed by atoms with Crippen molar-refractivity contribution in [1.29, 1.82) is 0 Å². The Kier molecular flexibility index (Phi) is 6.31. The zero-order chi connectivity index (χ0) is 19.2. The molecule has 27 heavy (non-hydrogen) atoms. The second kappa shape index (κ2) is 8.88. The number of carbonyl (C=O) groups is 1. The van der Waals surface area contributed by atoms with Crippen molar-refractivity contribution in [2.45, 2.75) is 25.2 Å². The highest BCUT2D eigenvalue weighted by Gasteiger charge is 2.12. The molecule has 1 N–H and O–H groups in total. The molecule has 0 aliphatic heterocycles. The highest BCUT2D eigenvalue weighted by Crippen LogP contribution is 2.18. The van der Waals surface area contributed by atoms with Gasteiger partial charge >= 0.3 is 0 Å². The molecule has 0 aliphatic carbocycles. The number of thioether (sulfide) groups is 1. The van der Waals surface area contributed by atoms with E-state index in [1.54, 1.807) is 23.0 Å². The fourth-order valence-electron chi connectivity index (χ4n) is 2.49. The summed E-state index contributed by atoms with van der Waals surface area (Å²) < 4.78 is 3.63. The molecule has 0 unspecified atom stereocenters. The van der Waals surface area contributed by atoms with Crippen molar-refractivity contribution in [3.8, 4) is 0 Å². The van der Waals surface area contributed by atoms with Crippen molar-refractivity contribution in [3.05, 3.63) is 65.6 Å². The molecule has 2 aromatic heterocycles. The number of rotatable bonds is 8. The van der Waals surface area contributed by atoms with Crippen LogP contribution in [0, 0.1) is 6.92 Å². The highest BCUT2D eigenvalue weighted by atomic mass is 35.5. The molecular formula is C18H19ClN6OS. The van der Waals surface area contributed by atoms with Gasteiger partial charge in [-0.1, -0.05) is 41.6 Å². The molecule has 0 spiro atoms. The van der Waals surface area contributed by atoms with Crippen molar-refractivity contribution in [2.24, 2.45) is 0 Å². The molecule has 3 aromatic rings. The van der Waals surface area contributed by atoms with Crippen LogP contribution in [0.2, 0.25) is 5.02 Å². The van der Waals surface area contributed by atoms with Gasteiger partial charge < -0.3 is 9.88 Å². The monoisotopic (exact) mass is 402 g/mol. The van der Waals surface area contributed by atoms with Crippen molar-refractivity contribution in [1.82, 2.24) is 24.5 Å². The Labute approximate surface area is 166 Å². The van der Waals surface area contributed by atoms with E-state index < -0.39 is 0 Å². The van der Waals surface area contributed by atoms with E-state index in [-0.39, 0.29) is 11.7 Å². The van der Waals surface area contributed by atoms with Crippen LogP contribution in [0.4, 0.5) is 5.82 Å². The first-order chi connectivity index (χ1) is 13.1. The first-order valence-corrected chi connectivity index (χ1v) is 9.63. The summed E-state index contributed by atoms with van der Waals surface area (Å²) in [6, 6.07) is 9.30. The molecule has 3 rings (SSSR count). The van der Waals surface area contributed by atoms with E-state index in [1.807, 2.05) is 35.8 Å². The fourth-order valence-corrected chi connectivity index (χ4v) is 3.50. The molecule has 0 saturated carbocycles. The van der Waals surface area contributed by atoms with E-state index in [0.717, 1.165) is 11.4 Å². The van der Waals surface area contributed by atoms with Crippen LogP contribution in [0.3, 0.4) is 0 Å². The standard InChI is InChI=1S/C18H19ClN6OS/c1-3-9-24-13(2)22-23-18(24)27-12-17(26)21-16-7-8-20-25(16)11-14-5-4-6-15(19)10-14/h3-8,10H,1,9,11-12H2,2H3,(H,21,26). The number of aryl methyl sites for hydroxylation is 1. The smallest absolute Gasteiger partial charge is 0.235 e. The van der Waals surface area contributed by atoms with Crippen LogP contribution in [0.25, 0.3) is 0 Å². The number of halogens is 1. The summed E-state index contributed by atoms with van der Waals surface area (Å²) in [5, 5.41) is 16.7. The fraction of sp³-hybridized carbons (Fsp3) is 0.222. The molecule has 0 fully saturated rings. The predicted molar refractivity (Wildman–Crippen MR) is 107 cm³/mol. The van der Waals surface area contributed by atoms with E-state index in [0.29, 0.717) is 29.1 Å². The Bertz CT molecular complexity index is 951. The molecule has 9 heteroatoms. The Hall–Kier alpha value is -2.58. The first-order valence-electron chi connectivity index (χ1n) is 8.26. The maximum atomic E-state index is 12.3. The molecule has 140 valence electrons. The minimum atomic E-state index is -0.140. The largest absolute Gasteiger partial charge is 0.310 e. The third-order valence-electron chi connectivity index (χ3n) is 3.75. The number of aromatic nitrogens is 5. The number of amides is 1. The van der Waals surface area contributed by atoms with Crippen LogP contribution in [0.5, 0.6) is 0 Å². The lowest BCUT2D eigenvalue weighted by Crippen LogP contribution is -2.18. The highest BCUT2D eigenvalue weighted by molar-refractivity contribution is 7.99. The Morgan fingerprint density at radius 3 is 3.00 bits per heavy atom. The number of allylic oxidation sites excluding steroid dienone is 1. The van der Waals surface area contributed by atoms with Gasteiger partial charge in [-0.2, -0.15) is 5.10 Å². The van der Waals surface area contributed by atoms with Gasteiger partial charge in [0.1, 0.15) is 11.6 Å². The molecule has 0 aliphatic rings. The maximum absolute atomic E-state index is 12.3. The number of nitrogens with zero attached hydrogens (tertiary/aromatic N) is 5. The quantitative estimate of drug-likeness (QED) is 0.461. The number of hydrogen-bond donors (Lipinski definition) is 1. The van der Waals surface area contributed by atoms with E-state index in [9.17, 15) is 4.79 Å². The van der Waals surface area contributed by atoms with Crippen LogP contribution in [-0.4, -0.2) is 36.2 Å². The molecule has 0 saturated heterocycles. The second-order valence-electron chi connectivity index (χ2n) is 5.77. The van der Waals surface area contributed by atoms with Gasteiger partial charge in [0.2, 0.25) is 5.91 Å². The van der Waals surface area contributed by atoms with Crippen molar-refractivity contribution >= 4 is 35.1 Å². The van der Waals surface area contributed by atoms with Crippen LogP contribution >= 0.6 is 23.4 Å². The van der Waals surface area contributed by atoms with Crippen LogP contribution < -0.4 is 5.32 Å². The average Bonchev–Trinajstić information content (AvgIpc) is 3.21. The minimum Gasteiger partial charge on any atom is -0.310 e. The van der Waals surface area contributed by atoms with Gasteiger partial charge in [0.25, 0.3) is 0 Å². The summed E-state index contributed by atoms with van der Waals surface area (Å²) in [5.74, 6) is 1.50. The topological polar surface area (TPSA) is 77.6 Å². The molecule has 0 atom stereocenters. The lowest BCUT2D eigenvalue weighted by atomic mass is 10.2. The summed E-state index contributed by atoms with van der Waals surface area (Å²) in [7, 11) is 0. The summed E-state index contributed by atoms with van der Waals surface area (Å²) in [4.78, 5) is 12.3. The summed E-state index contributed by atoms with van der Waals surface area (Å²) >= 11 is 7.36. The second-order valence-corrected chi connectivity index (χ2v) is 7.15. The van der Waals surface area contributed by atoms with Gasteiger partial charge in [-0.15, -0.1) is 16.8 Å². The SMILES string of the molecule is C=CCn1c(C)nnc1SCC(=O)Nc1ccnn1Cc1cccc(Cl)c1. The van der Waals surface area contributed by atoms with E-state index in [4.69, 9.17) is 11.6 Å².